The largest absolute Gasteiger partial charge is 0.478 e. The molecule has 1 N–H and O–H groups in total. The first kappa shape index (κ1) is 15.8. The van der Waals surface area contributed by atoms with Gasteiger partial charge in [-0.15, -0.1) is 11.3 Å². The van der Waals surface area contributed by atoms with Gasteiger partial charge in [0.25, 0.3) is 10.0 Å². The van der Waals surface area contributed by atoms with Crippen LogP contribution in [0.15, 0.2) is 10.3 Å². The highest BCUT2D eigenvalue weighted by Crippen LogP contribution is 2.34. The third-order valence-corrected chi connectivity index (χ3v) is 6.96. The van der Waals surface area contributed by atoms with Crippen molar-refractivity contribution >= 4 is 38.9 Å². The highest BCUT2D eigenvalue weighted by Gasteiger charge is 2.33. The van der Waals surface area contributed by atoms with Gasteiger partial charge >= 0.3 is 5.97 Å². The van der Waals surface area contributed by atoms with Crippen molar-refractivity contribution in [3.8, 4) is 0 Å². The van der Waals surface area contributed by atoms with Crippen LogP contribution in [0.1, 0.15) is 30.6 Å². The minimum Gasteiger partial charge on any atom is -0.478 e. The lowest BCUT2D eigenvalue weighted by atomic mass is 9.94. The molecule has 0 amide bonds. The summed E-state index contributed by atoms with van der Waals surface area (Å²) in [4.78, 5) is 11.0. The van der Waals surface area contributed by atoms with Crippen LogP contribution in [0.3, 0.4) is 0 Å². The number of halogens is 1. The van der Waals surface area contributed by atoms with Crippen molar-refractivity contribution in [1.29, 1.82) is 0 Å². The number of hydrogen-bond donors (Lipinski definition) is 1. The molecule has 0 aromatic carbocycles. The summed E-state index contributed by atoms with van der Waals surface area (Å²) in [6, 6.07) is 1.15. The predicted molar refractivity (Wildman–Crippen MR) is 78.0 cm³/mol. The summed E-state index contributed by atoms with van der Waals surface area (Å²) in [6.07, 6.45) is 0.998. The molecule has 0 aliphatic carbocycles. The number of carboxylic acid groups (broad SMARTS) is 1. The van der Waals surface area contributed by atoms with Gasteiger partial charge in [0.15, 0.2) is 0 Å². The Labute approximate surface area is 127 Å². The Morgan fingerprint density at radius 1 is 1.40 bits per heavy atom. The van der Waals surface area contributed by atoms with Crippen molar-refractivity contribution in [1.82, 2.24) is 4.31 Å². The molecule has 2 atom stereocenters. The standard InChI is InChI=1S/C12H16ClNO4S2/c1-7-3-8(2)6-14(5-7)20(17,18)10-4-9(12(15)16)11(13)19-10/h4,7-8H,3,5-6H2,1-2H3,(H,15,16)/t7-,8+. The number of sulfonamides is 1. The van der Waals surface area contributed by atoms with Gasteiger partial charge in [0.05, 0.1) is 5.56 Å². The highest BCUT2D eigenvalue weighted by molar-refractivity contribution is 7.91. The fourth-order valence-electron chi connectivity index (χ4n) is 2.55. The minimum absolute atomic E-state index is 0.00111. The lowest BCUT2D eigenvalue weighted by Crippen LogP contribution is -2.42. The average Bonchev–Trinajstić information content (AvgIpc) is 2.70. The van der Waals surface area contributed by atoms with E-state index in [0.717, 1.165) is 23.8 Å². The van der Waals surface area contributed by atoms with Crippen molar-refractivity contribution in [3.05, 3.63) is 16.0 Å². The second-order valence-electron chi connectivity index (χ2n) is 5.33. The number of piperidine rings is 1. The van der Waals surface area contributed by atoms with E-state index in [-0.39, 0.29) is 14.1 Å². The topological polar surface area (TPSA) is 74.7 Å². The van der Waals surface area contributed by atoms with Crippen LogP contribution in [0.5, 0.6) is 0 Å². The lowest BCUT2D eigenvalue weighted by molar-refractivity contribution is 0.0697. The minimum atomic E-state index is -3.66. The van der Waals surface area contributed by atoms with E-state index in [9.17, 15) is 13.2 Å². The second-order valence-corrected chi connectivity index (χ2v) is 9.15. The van der Waals surface area contributed by atoms with Crippen LogP contribution in [0.4, 0.5) is 0 Å². The fraction of sp³-hybridized carbons (Fsp3) is 0.583. The molecule has 1 aliphatic heterocycles. The number of nitrogens with zero attached hydrogens (tertiary/aromatic N) is 1. The van der Waals surface area contributed by atoms with Crippen LogP contribution in [-0.4, -0.2) is 36.9 Å². The number of rotatable bonds is 3. The average molecular weight is 338 g/mol. The van der Waals surface area contributed by atoms with E-state index in [4.69, 9.17) is 16.7 Å². The van der Waals surface area contributed by atoms with Crippen molar-refractivity contribution < 1.29 is 18.3 Å². The Morgan fingerprint density at radius 3 is 2.40 bits per heavy atom. The van der Waals surface area contributed by atoms with Crippen LogP contribution < -0.4 is 0 Å². The van der Waals surface area contributed by atoms with Crippen LogP contribution >= 0.6 is 22.9 Å². The smallest absolute Gasteiger partial charge is 0.338 e. The maximum absolute atomic E-state index is 12.6. The monoisotopic (exact) mass is 337 g/mol. The normalized spacial score (nSPS) is 24.8. The van der Waals surface area contributed by atoms with E-state index in [2.05, 4.69) is 0 Å². The maximum Gasteiger partial charge on any atom is 0.338 e. The molecule has 1 aromatic rings. The molecule has 0 spiro atoms. The first-order valence-corrected chi connectivity index (χ1v) is 8.88. The van der Waals surface area contributed by atoms with Gasteiger partial charge in [0.1, 0.15) is 8.55 Å². The number of aromatic carboxylic acids is 1. The zero-order chi connectivity index (χ0) is 15.1. The Hall–Kier alpha value is -0.630. The Balaban J connectivity index is 2.35. The van der Waals surface area contributed by atoms with Crippen LogP contribution in [0.2, 0.25) is 4.34 Å². The van der Waals surface area contributed by atoms with Crippen LogP contribution in [0, 0.1) is 11.8 Å². The number of hydrogen-bond acceptors (Lipinski definition) is 4. The summed E-state index contributed by atoms with van der Waals surface area (Å²) in [6.45, 7) is 4.96. The zero-order valence-electron chi connectivity index (χ0n) is 11.2. The fourth-order valence-corrected chi connectivity index (χ4v) is 6.09. The first-order valence-electron chi connectivity index (χ1n) is 6.24. The van der Waals surface area contributed by atoms with Gasteiger partial charge in [-0.3, -0.25) is 0 Å². The third kappa shape index (κ3) is 3.00. The van der Waals surface area contributed by atoms with Gasteiger partial charge in [-0.2, -0.15) is 4.31 Å². The summed E-state index contributed by atoms with van der Waals surface area (Å²) in [5.41, 5.74) is -0.159. The van der Waals surface area contributed by atoms with Crippen LogP contribution in [0.25, 0.3) is 0 Å². The van der Waals surface area contributed by atoms with E-state index < -0.39 is 16.0 Å². The van der Waals surface area contributed by atoms with Crippen molar-refractivity contribution in [3.63, 3.8) is 0 Å². The molecule has 1 aliphatic rings. The molecule has 8 heteroatoms. The molecule has 0 bridgehead atoms. The Kier molecular flexibility index (Phi) is 4.44. The van der Waals surface area contributed by atoms with E-state index in [1.165, 1.54) is 4.31 Å². The van der Waals surface area contributed by atoms with Gasteiger partial charge in [-0.1, -0.05) is 25.4 Å². The number of carbonyl (C=O) groups is 1. The molecule has 1 fully saturated rings. The van der Waals surface area contributed by atoms with Gasteiger partial charge in [0.2, 0.25) is 0 Å². The SMILES string of the molecule is C[C@@H]1C[C@H](C)CN(S(=O)(=O)c2cc(C(=O)O)c(Cl)s2)C1. The van der Waals surface area contributed by atoms with Gasteiger partial charge in [0, 0.05) is 13.1 Å². The molecule has 20 heavy (non-hydrogen) atoms. The lowest BCUT2D eigenvalue weighted by Gasteiger charge is -2.33. The molecule has 0 radical (unpaired) electrons. The summed E-state index contributed by atoms with van der Waals surface area (Å²) in [5, 5.41) is 8.95. The molecule has 0 saturated carbocycles. The van der Waals surface area contributed by atoms with Gasteiger partial charge in [-0.25, -0.2) is 13.2 Å². The number of thiophene rings is 1. The predicted octanol–water partition coefficient (Wildman–Crippen LogP) is 2.77. The molecule has 0 unspecified atom stereocenters. The molecule has 1 saturated heterocycles. The van der Waals surface area contributed by atoms with E-state index in [1.54, 1.807) is 0 Å². The molecule has 5 nitrogen and oxygen atoms in total. The molecule has 2 heterocycles. The van der Waals surface area contributed by atoms with Crippen molar-refractivity contribution in [2.75, 3.05) is 13.1 Å². The molecular weight excluding hydrogens is 322 g/mol. The van der Waals surface area contributed by atoms with E-state index in [1.807, 2.05) is 13.8 Å². The molecule has 1 aromatic heterocycles. The van der Waals surface area contributed by atoms with Gasteiger partial charge < -0.3 is 5.11 Å². The first-order chi connectivity index (χ1) is 9.21. The van der Waals surface area contributed by atoms with E-state index in [0.29, 0.717) is 24.9 Å². The summed E-state index contributed by atoms with van der Waals surface area (Å²) in [5.74, 6) is -0.626. The maximum atomic E-state index is 12.6. The second kappa shape index (κ2) is 5.63. The zero-order valence-corrected chi connectivity index (χ0v) is 13.6. The van der Waals surface area contributed by atoms with Crippen molar-refractivity contribution in [2.45, 2.75) is 24.5 Å². The molecule has 2 rings (SSSR count). The molecular formula is C12H16ClNO4S2. The molecule has 112 valence electrons. The third-order valence-electron chi connectivity index (χ3n) is 3.32. The van der Waals surface area contributed by atoms with Crippen molar-refractivity contribution in [2.24, 2.45) is 11.8 Å². The summed E-state index contributed by atoms with van der Waals surface area (Å²) in [7, 11) is -3.66. The highest BCUT2D eigenvalue weighted by atomic mass is 35.5. The summed E-state index contributed by atoms with van der Waals surface area (Å²) < 4.78 is 26.5. The summed E-state index contributed by atoms with van der Waals surface area (Å²) >= 11 is 6.60. The van der Waals surface area contributed by atoms with E-state index >= 15 is 0 Å². The Morgan fingerprint density at radius 2 is 1.95 bits per heavy atom. The number of carboxylic acids is 1. The Bertz CT molecular complexity index is 615. The van der Waals surface area contributed by atoms with Crippen LogP contribution in [-0.2, 0) is 10.0 Å². The quantitative estimate of drug-likeness (QED) is 0.920. The van der Waals surface area contributed by atoms with Gasteiger partial charge in [-0.05, 0) is 24.3 Å².